The Hall–Kier alpha value is -0.830. The highest BCUT2D eigenvalue weighted by molar-refractivity contribution is 9.10. The summed E-state index contributed by atoms with van der Waals surface area (Å²) in [6.07, 6.45) is 2.10. The molecule has 0 unspecified atom stereocenters. The number of amides is 1. The van der Waals surface area contributed by atoms with Crippen molar-refractivity contribution >= 4 is 27.5 Å². The highest BCUT2D eigenvalue weighted by Gasteiger charge is 2.25. The first kappa shape index (κ1) is 10.7. The molecule has 0 fully saturated rings. The molecule has 2 rings (SSSR count). The molecule has 1 aliphatic rings. The maximum atomic E-state index is 11.6. The van der Waals surface area contributed by atoms with Gasteiger partial charge in [-0.1, -0.05) is 15.9 Å². The third kappa shape index (κ3) is 1.93. The first-order valence-corrected chi connectivity index (χ1v) is 5.97. The van der Waals surface area contributed by atoms with Crippen LogP contribution in [0.3, 0.4) is 0 Å². The molecule has 0 aliphatic carbocycles. The monoisotopic (exact) mass is 267 g/mol. The van der Waals surface area contributed by atoms with Crippen molar-refractivity contribution < 1.29 is 4.79 Å². The fourth-order valence-electron chi connectivity index (χ4n) is 2.20. The molecule has 1 aliphatic heterocycles. The van der Waals surface area contributed by atoms with Gasteiger partial charge >= 0.3 is 0 Å². The van der Waals surface area contributed by atoms with Crippen molar-refractivity contribution in [2.24, 2.45) is 0 Å². The molecule has 3 heteroatoms. The van der Waals surface area contributed by atoms with Gasteiger partial charge in [-0.3, -0.25) is 4.79 Å². The summed E-state index contributed by atoms with van der Waals surface area (Å²) in [5.74, 6) is 0.130. The van der Waals surface area contributed by atoms with E-state index < -0.39 is 0 Å². The summed E-state index contributed by atoms with van der Waals surface area (Å²) in [4.78, 5) is 13.5. The van der Waals surface area contributed by atoms with Gasteiger partial charge in [0.15, 0.2) is 0 Å². The van der Waals surface area contributed by atoms with Gasteiger partial charge in [0.2, 0.25) is 5.91 Å². The fourth-order valence-corrected chi connectivity index (χ4v) is 2.61. The molecule has 0 bridgehead atoms. The van der Waals surface area contributed by atoms with Crippen molar-refractivity contribution in [1.29, 1.82) is 0 Å². The average molecular weight is 268 g/mol. The van der Waals surface area contributed by atoms with Crippen molar-refractivity contribution in [3.05, 3.63) is 28.2 Å². The van der Waals surface area contributed by atoms with Gasteiger partial charge in [-0.05, 0) is 43.5 Å². The Morgan fingerprint density at radius 3 is 2.93 bits per heavy atom. The smallest absolute Gasteiger partial charge is 0.224 e. The van der Waals surface area contributed by atoms with Crippen LogP contribution in [0.15, 0.2) is 22.7 Å². The van der Waals surface area contributed by atoms with Gasteiger partial charge < -0.3 is 4.90 Å². The molecule has 15 heavy (non-hydrogen) atoms. The minimum Gasteiger partial charge on any atom is -0.310 e. The lowest BCUT2D eigenvalue weighted by molar-refractivity contribution is -0.117. The molecule has 1 aromatic carbocycles. The number of nitrogens with zero attached hydrogens (tertiary/aromatic N) is 1. The number of hydrogen-bond donors (Lipinski definition) is 0. The molecule has 0 aromatic heterocycles. The molecule has 2 nitrogen and oxygen atoms in total. The zero-order valence-corrected chi connectivity index (χ0v) is 10.5. The van der Waals surface area contributed by atoms with Crippen LogP contribution in [0.2, 0.25) is 0 Å². The molecular weight excluding hydrogens is 254 g/mol. The second-order valence-corrected chi connectivity index (χ2v) is 4.97. The number of aryl methyl sites for hydroxylation is 1. The zero-order valence-electron chi connectivity index (χ0n) is 8.96. The minimum atomic E-state index is 0.130. The molecule has 0 saturated carbocycles. The molecule has 0 spiro atoms. The third-order valence-electron chi connectivity index (χ3n) is 2.91. The number of carbonyl (C=O) groups is 1. The van der Waals surface area contributed by atoms with E-state index in [0.717, 1.165) is 23.0 Å². The van der Waals surface area contributed by atoms with Crippen molar-refractivity contribution in [2.45, 2.75) is 32.7 Å². The third-order valence-corrected chi connectivity index (χ3v) is 3.41. The molecule has 80 valence electrons. The second-order valence-electron chi connectivity index (χ2n) is 4.05. The number of hydrogen-bond acceptors (Lipinski definition) is 1. The molecule has 1 atom stereocenters. The van der Waals surface area contributed by atoms with Crippen LogP contribution in [0, 0.1) is 0 Å². The van der Waals surface area contributed by atoms with Crippen molar-refractivity contribution in [3.8, 4) is 0 Å². The molecule has 1 heterocycles. The average Bonchev–Trinajstić information content (AvgIpc) is 2.17. The largest absolute Gasteiger partial charge is 0.310 e. The number of fused-ring (bicyclic) bond motifs is 1. The Morgan fingerprint density at radius 1 is 1.53 bits per heavy atom. The topological polar surface area (TPSA) is 20.3 Å². The molecule has 0 N–H and O–H groups in total. The van der Waals surface area contributed by atoms with E-state index in [1.54, 1.807) is 6.92 Å². The highest BCUT2D eigenvalue weighted by atomic mass is 79.9. The minimum absolute atomic E-state index is 0.130. The van der Waals surface area contributed by atoms with Crippen LogP contribution in [-0.4, -0.2) is 11.9 Å². The van der Waals surface area contributed by atoms with E-state index >= 15 is 0 Å². The van der Waals surface area contributed by atoms with E-state index in [2.05, 4.69) is 28.9 Å². The predicted molar refractivity (Wildman–Crippen MR) is 65.1 cm³/mol. The van der Waals surface area contributed by atoms with Crippen molar-refractivity contribution in [3.63, 3.8) is 0 Å². The van der Waals surface area contributed by atoms with Crippen LogP contribution in [0.5, 0.6) is 0 Å². The Bertz CT molecular complexity index is 403. The van der Waals surface area contributed by atoms with E-state index in [9.17, 15) is 4.79 Å². The zero-order chi connectivity index (χ0) is 11.0. The molecular formula is C12H14BrNO. The van der Waals surface area contributed by atoms with E-state index in [0.29, 0.717) is 6.04 Å². The van der Waals surface area contributed by atoms with Crippen LogP contribution < -0.4 is 4.90 Å². The second kappa shape index (κ2) is 3.97. The van der Waals surface area contributed by atoms with Crippen molar-refractivity contribution in [2.75, 3.05) is 4.90 Å². The normalized spacial score (nSPS) is 19.9. The van der Waals surface area contributed by atoms with Gasteiger partial charge in [-0.2, -0.15) is 0 Å². The summed E-state index contributed by atoms with van der Waals surface area (Å²) in [5, 5.41) is 0. The maximum absolute atomic E-state index is 11.6. The summed E-state index contributed by atoms with van der Waals surface area (Å²) in [7, 11) is 0. The fraction of sp³-hybridized carbons (Fsp3) is 0.417. The summed E-state index contributed by atoms with van der Waals surface area (Å²) < 4.78 is 1.08. The molecule has 1 aromatic rings. The number of halogens is 1. The van der Waals surface area contributed by atoms with Gasteiger partial charge in [0.25, 0.3) is 0 Å². The van der Waals surface area contributed by atoms with E-state index in [1.807, 2.05) is 17.0 Å². The Kier molecular flexibility index (Phi) is 2.83. The summed E-state index contributed by atoms with van der Waals surface area (Å²) >= 11 is 3.46. The predicted octanol–water partition coefficient (Wildman–Crippen LogP) is 3.14. The van der Waals surface area contributed by atoms with Crippen LogP contribution in [0.4, 0.5) is 5.69 Å². The lowest BCUT2D eigenvalue weighted by atomic mass is 9.97. The summed E-state index contributed by atoms with van der Waals surface area (Å²) in [6.45, 7) is 3.74. The molecule has 1 amide bonds. The number of rotatable bonds is 0. The summed E-state index contributed by atoms with van der Waals surface area (Å²) in [5.41, 5.74) is 2.34. The van der Waals surface area contributed by atoms with E-state index in [1.165, 1.54) is 5.56 Å². The van der Waals surface area contributed by atoms with Crippen LogP contribution in [0.1, 0.15) is 25.8 Å². The first-order chi connectivity index (χ1) is 7.09. The first-order valence-electron chi connectivity index (χ1n) is 5.18. The van der Waals surface area contributed by atoms with E-state index in [-0.39, 0.29) is 5.91 Å². The Morgan fingerprint density at radius 2 is 2.27 bits per heavy atom. The standard InChI is InChI=1S/C12H14BrNO/c1-8-3-4-10-7-11(13)5-6-12(10)14(8)9(2)15/h5-8H,3-4H2,1-2H3/t8-/m0/s1. The van der Waals surface area contributed by atoms with Crippen molar-refractivity contribution in [1.82, 2.24) is 0 Å². The van der Waals surface area contributed by atoms with E-state index in [4.69, 9.17) is 0 Å². The Labute approximate surface area is 98.4 Å². The van der Waals surface area contributed by atoms with Crippen LogP contribution in [-0.2, 0) is 11.2 Å². The van der Waals surface area contributed by atoms with Crippen LogP contribution >= 0.6 is 15.9 Å². The maximum Gasteiger partial charge on any atom is 0.224 e. The van der Waals surface area contributed by atoms with Gasteiger partial charge in [-0.25, -0.2) is 0 Å². The van der Waals surface area contributed by atoms with Gasteiger partial charge in [0.05, 0.1) is 0 Å². The molecule has 0 saturated heterocycles. The van der Waals surface area contributed by atoms with Gasteiger partial charge in [0, 0.05) is 23.1 Å². The SMILES string of the molecule is CC(=O)N1c2ccc(Br)cc2CC[C@@H]1C. The summed E-state index contributed by atoms with van der Waals surface area (Å²) in [6, 6.07) is 6.44. The Balaban J connectivity index is 2.48. The van der Waals surface area contributed by atoms with Gasteiger partial charge in [0.1, 0.15) is 0 Å². The number of anilines is 1. The number of carbonyl (C=O) groups excluding carboxylic acids is 1. The molecule has 0 radical (unpaired) electrons. The van der Waals surface area contributed by atoms with Gasteiger partial charge in [-0.15, -0.1) is 0 Å². The number of benzene rings is 1. The quantitative estimate of drug-likeness (QED) is 0.707. The highest BCUT2D eigenvalue weighted by Crippen LogP contribution is 2.32. The lowest BCUT2D eigenvalue weighted by Crippen LogP contribution is -2.40. The van der Waals surface area contributed by atoms with Crippen LogP contribution in [0.25, 0.3) is 0 Å². The lowest BCUT2D eigenvalue weighted by Gasteiger charge is -2.34.